The number of rotatable bonds is 6. The minimum Gasteiger partial charge on any atom is -0.390 e. The molecular formula is C29H36N4O2. The molecule has 1 aromatic carbocycles. The number of hydrogen-bond acceptors (Lipinski definition) is 4. The largest absolute Gasteiger partial charge is 0.390 e. The maximum atomic E-state index is 13.7. The standard InChI is InChI=1S/C29H36N4O2/c1-27(35)16-22(17-27)26(34)33(23-5-3-4-20(14-23)18-30)19-28-8-11-29(12-9-28,13-10-28)25-15-24(21-6-7-21)31-32(25)2/h3-5,14-15,21-22,35H,6-13,16-17,19H2,1-2H3. The van der Waals surface area contributed by atoms with Gasteiger partial charge in [0.2, 0.25) is 5.91 Å². The van der Waals surface area contributed by atoms with Crippen molar-refractivity contribution < 1.29 is 9.90 Å². The van der Waals surface area contributed by atoms with Crippen LogP contribution in [0.15, 0.2) is 30.3 Å². The Balaban J connectivity index is 1.24. The molecule has 35 heavy (non-hydrogen) atoms. The number of nitriles is 1. The lowest BCUT2D eigenvalue weighted by Gasteiger charge is -2.55. The number of carbonyl (C=O) groups is 1. The van der Waals surface area contributed by atoms with Crippen molar-refractivity contribution in [1.29, 1.82) is 5.26 Å². The Kier molecular flexibility index (Phi) is 5.16. The molecule has 5 saturated carbocycles. The topological polar surface area (TPSA) is 82.2 Å². The zero-order valence-electron chi connectivity index (χ0n) is 21.0. The highest BCUT2D eigenvalue weighted by Crippen LogP contribution is 2.58. The molecule has 1 heterocycles. The third-order valence-electron chi connectivity index (χ3n) is 9.61. The third-order valence-corrected chi connectivity index (χ3v) is 9.61. The van der Waals surface area contributed by atoms with Crippen LogP contribution in [0, 0.1) is 22.7 Å². The highest BCUT2D eigenvalue weighted by Gasteiger charge is 2.52. The van der Waals surface area contributed by atoms with E-state index in [1.807, 2.05) is 30.0 Å². The van der Waals surface area contributed by atoms with Gasteiger partial charge in [-0.1, -0.05) is 6.07 Å². The first-order valence-electron chi connectivity index (χ1n) is 13.3. The first-order valence-corrected chi connectivity index (χ1v) is 13.3. The molecule has 7 rings (SSSR count). The molecular weight excluding hydrogens is 436 g/mol. The summed E-state index contributed by atoms with van der Waals surface area (Å²) in [4.78, 5) is 15.6. The molecule has 0 atom stereocenters. The van der Waals surface area contributed by atoms with Gasteiger partial charge in [-0.3, -0.25) is 9.48 Å². The predicted molar refractivity (Wildman–Crippen MR) is 134 cm³/mol. The fraction of sp³-hybridized carbons (Fsp3) is 0.621. The Morgan fingerprint density at radius 3 is 2.46 bits per heavy atom. The second-order valence-electron chi connectivity index (χ2n) is 12.3. The minimum absolute atomic E-state index is 0.101. The fourth-order valence-corrected chi connectivity index (χ4v) is 7.22. The number of aliphatic hydroxyl groups is 1. The Morgan fingerprint density at radius 2 is 1.86 bits per heavy atom. The summed E-state index contributed by atoms with van der Waals surface area (Å²) in [5.41, 5.74) is 3.69. The molecule has 0 radical (unpaired) electrons. The quantitative estimate of drug-likeness (QED) is 0.645. The van der Waals surface area contributed by atoms with Crippen molar-refractivity contribution in [3.63, 3.8) is 0 Å². The van der Waals surface area contributed by atoms with Crippen LogP contribution in [-0.4, -0.2) is 32.9 Å². The van der Waals surface area contributed by atoms with Gasteiger partial charge in [-0.25, -0.2) is 0 Å². The average molecular weight is 473 g/mol. The van der Waals surface area contributed by atoms with Crippen molar-refractivity contribution in [2.75, 3.05) is 11.4 Å². The molecule has 6 heteroatoms. The van der Waals surface area contributed by atoms with E-state index in [1.54, 1.807) is 6.07 Å². The lowest BCUT2D eigenvalue weighted by molar-refractivity contribution is -0.137. The second-order valence-corrected chi connectivity index (χ2v) is 12.3. The van der Waals surface area contributed by atoms with Gasteiger partial charge in [-0.2, -0.15) is 10.4 Å². The Hall–Kier alpha value is -2.65. The number of aryl methyl sites for hydroxylation is 1. The highest BCUT2D eigenvalue weighted by molar-refractivity contribution is 5.96. The highest BCUT2D eigenvalue weighted by atomic mass is 16.3. The van der Waals surface area contributed by atoms with Gasteiger partial charge in [0.25, 0.3) is 0 Å². The monoisotopic (exact) mass is 472 g/mol. The van der Waals surface area contributed by atoms with Crippen LogP contribution in [0.25, 0.3) is 0 Å². The first-order chi connectivity index (χ1) is 16.7. The lowest BCUT2D eigenvalue weighted by atomic mass is 9.52. The molecule has 6 nitrogen and oxygen atoms in total. The molecule has 0 unspecified atom stereocenters. The molecule has 0 aliphatic heterocycles. The molecule has 5 aliphatic rings. The van der Waals surface area contributed by atoms with Crippen molar-refractivity contribution in [1.82, 2.24) is 9.78 Å². The molecule has 0 spiro atoms. The number of hydrogen-bond donors (Lipinski definition) is 1. The molecule has 184 valence electrons. The molecule has 0 saturated heterocycles. The lowest BCUT2D eigenvalue weighted by Crippen LogP contribution is -2.54. The van der Waals surface area contributed by atoms with Crippen LogP contribution >= 0.6 is 0 Å². The molecule has 2 bridgehead atoms. The second kappa shape index (κ2) is 7.93. The van der Waals surface area contributed by atoms with Gasteiger partial charge in [0.15, 0.2) is 0 Å². The van der Waals surface area contributed by atoms with Crippen molar-refractivity contribution in [2.45, 2.75) is 88.1 Å². The van der Waals surface area contributed by atoms with Crippen LogP contribution in [0.2, 0.25) is 0 Å². The van der Waals surface area contributed by atoms with E-state index in [2.05, 4.69) is 23.9 Å². The van der Waals surface area contributed by atoms with E-state index >= 15 is 0 Å². The van der Waals surface area contributed by atoms with Crippen LogP contribution in [0.3, 0.4) is 0 Å². The number of fused-ring (bicyclic) bond motifs is 3. The van der Waals surface area contributed by atoms with E-state index in [9.17, 15) is 15.2 Å². The summed E-state index contributed by atoms with van der Waals surface area (Å²) in [6.07, 6.45) is 10.4. The summed E-state index contributed by atoms with van der Waals surface area (Å²) in [6, 6.07) is 12.1. The van der Waals surface area contributed by atoms with Gasteiger partial charge in [-0.15, -0.1) is 0 Å². The maximum Gasteiger partial charge on any atom is 0.230 e. The number of amides is 1. The van der Waals surface area contributed by atoms with Crippen molar-refractivity contribution in [2.24, 2.45) is 18.4 Å². The predicted octanol–water partition coefficient (Wildman–Crippen LogP) is 4.96. The van der Waals surface area contributed by atoms with E-state index in [4.69, 9.17) is 5.10 Å². The third kappa shape index (κ3) is 3.98. The molecule has 1 aromatic heterocycles. The van der Waals surface area contributed by atoms with Gasteiger partial charge in [0.1, 0.15) is 0 Å². The van der Waals surface area contributed by atoms with Gasteiger partial charge < -0.3 is 10.0 Å². The van der Waals surface area contributed by atoms with Crippen molar-refractivity contribution in [3.8, 4) is 6.07 Å². The van der Waals surface area contributed by atoms with Crippen molar-refractivity contribution in [3.05, 3.63) is 47.3 Å². The van der Waals surface area contributed by atoms with Crippen LogP contribution in [0.4, 0.5) is 5.69 Å². The van der Waals surface area contributed by atoms with E-state index in [0.29, 0.717) is 30.9 Å². The smallest absolute Gasteiger partial charge is 0.230 e. The van der Waals surface area contributed by atoms with Gasteiger partial charge in [0, 0.05) is 42.2 Å². The maximum absolute atomic E-state index is 13.7. The SMILES string of the molecule is Cn1nc(C2CC2)cc1C12CCC(CN(C(=O)C3CC(C)(O)C3)c3cccc(C#N)c3)(CC1)CC2. The Labute approximate surface area is 207 Å². The number of anilines is 1. The summed E-state index contributed by atoms with van der Waals surface area (Å²) in [6.45, 7) is 2.51. The minimum atomic E-state index is -0.740. The summed E-state index contributed by atoms with van der Waals surface area (Å²) in [5, 5.41) is 24.6. The molecule has 1 N–H and O–H groups in total. The van der Waals surface area contributed by atoms with Crippen LogP contribution in [0.1, 0.15) is 94.0 Å². The molecule has 2 aromatic rings. The van der Waals surface area contributed by atoms with Crippen LogP contribution < -0.4 is 4.90 Å². The summed E-state index contributed by atoms with van der Waals surface area (Å²) < 4.78 is 2.15. The molecule has 5 fully saturated rings. The zero-order valence-corrected chi connectivity index (χ0v) is 21.0. The number of aromatic nitrogens is 2. The average Bonchev–Trinajstić information content (AvgIpc) is 3.63. The number of nitrogens with zero attached hydrogens (tertiary/aromatic N) is 4. The summed E-state index contributed by atoms with van der Waals surface area (Å²) in [7, 11) is 2.11. The molecule has 5 aliphatic carbocycles. The Bertz CT molecular complexity index is 1170. The van der Waals surface area contributed by atoms with E-state index in [0.717, 1.165) is 44.2 Å². The van der Waals surface area contributed by atoms with E-state index in [1.165, 1.54) is 24.2 Å². The van der Waals surface area contributed by atoms with Gasteiger partial charge in [-0.05, 0) is 101 Å². The van der Waals surface area contributed by atoms with E-state index in [-0.39, 0.29) is 22.7 Å². The number of benzene rings is 1. The van der Waals surface area contributed by atoms with E-state index < -0.39 is 5.60 Å². The Morgan fingerprint density at radius 1 is 1.17 bits per heavy atom. The van der Waals surface area contributed by atoms with Crippen LogP contribution in [0.5, 0.6) is 0 Å². The van der Waals surface area contributed by atoms with Gasteiger partial charge >= 0.3 is 0 Å². The summed E-state index contributed by atoms with van der Waals surface area (Å²) >= 11 is 0. The molecule has 1 amide bonds. The normalized spacial score (nSPS) is 33.7. The fourth-order valence-electron chi connectivity index (χ4n) is 7.22. The summed E-state index contributed by atoms with van der Waals surface area (Å²) in [5.74, 6) is 0.631. The first kappa shape index (κ1) is 22.8. The number of carbonyl (C=O) groups excluding carboxylic acids is 1. The zero-order chi connectivity index (χ0) is 24.4. The van der Waals surface area contributed by atoms with Crippen molar-refractivity contribution >= 4 is 11.6 Å². The van der Waals surface area contributed by atoms with Gasteiger partial charge in [0.05, 0.1) is 22.9 Å². The van der Waals surface area contributed by atoms with Crippen LogP contribution in [-0.2, 0) is 17.3 Å².